The van der Waals surface area contributed by atoms with E-state index in [0.29, 0.717) is 22.9 Å². The molecule has 0 bridgehead atoms. The summed E-state index contributed by atoms with van der Waals surface area (Å²) in [7, 11) is -3.73. The van der Waals surface area contributed by atoms with Crippen molar-refractivity contribution in [3.05, 3.63) is 59.5 Å². The van der Waals surface area contributed by atoms with Gasteiger partial charge in [0.1, 0.15) is 0 Å². The Hall–Kier alpha value is -1.61. The summed E-state index contributed by atoms with van der Waals surface area (Å²) in [5, 5.41) is 8.68. The lowest BCUT2D eigenvalue weighted by molar-refractivity contribution is 0.536. The first-order chi connectivity index (χ1) is 12.0. The van der Waals surface area contributed by atoms with Crippen molar-refractivity contribution >= 4 is 39.0 Å². The van der Waals surface area contributed by atoms with Crippen LogP contribution in [-0.4, -0.2) is 35.0 Å². The highest BCUT2D eigenvalue weighted by Gasteiger charge is 2.25. The average molecular weight is 397 g/mol. The molecule has 0 radical (unpaired) electrons. The van der Waals surface area contributed by atoms with Crippen LogP contribution in [0.25, 0.3) is 5.65 Å². The molecule has 0 saturated carbocycles. The van der Waals surface area contributed by atoms with E-state index in [2.05, 4.69) is 14.9 Å². The van der Waals surface area contributed by atoms with Gasteiger partial charge in [-0.2, -0.15) is 11.8 Å². The molecule has 132 valence electrons. The van der Waals surface area contributed by atoms with Crippen molar-refractivity contribution in [1.82, 2.24) is 19.3 Å². The van der Waals surface area contributed by atoms with Gasteiger partial charge in [-0.05, 0) is 48.8 Å². The second-order valence-corrected chi connectivity index (χ2v) is 8.54. The van der Waals surface area contributed by atoms with E-state index < -0.39 is 16.1 Å². The molecule has 2 aromatic heterocycles. The van der Waals surface area contributed by atoms with Gasteiger partial charge < -0.3 is 0 Å². The summed E-state index contributed by atoms with van der Waals surface area (Å²) in [4.78, 5) is 0.128. The van der Waals surface area contributed by atoms with Crippen molar-refractivity contribution in [2.24, 2.45) is 0 Å². The smallest absolute Gasteiger partial charge is 0.241 e. The standard InChI is InChI=1S/C16H17ClN4O2S2/c1-24-10-8-14(16-19-18-15-7-2-3-9-21(15)16)20-25(22,23)13-6-4-5-12(17)11-13/h2-7,9,11,14,20H,8,10H2,1H3/t14-/m1/s1. The van der Waals surface area contributed by atoms with Gasteiger partial charge in [0.25, 0.3) is 0 Å². The van der Waals surface area contributed by atoms with Gasteiger partial charge in [0, 0.05) is 11.2 Å². The Balaban J connectivity index is 1.96. The number of hydrogen-bond donors (Lipinski definition) is 1. The van der Waals surface area contributed by atoms with E-state index in [1.807, 2.05) is 30.7 Å². The molecule has 6 nitrogen and oxygen atoms in total. The minimum Gasteiger partial charge on any atom is -0.285 e. The van der Waals surface area contributed by atoms with Gasteiger partial charge in [0.2, 0.25) is 10.0 Å². The fourth-order valence-electron chi connectivity index (χ4n) is 2.46. The monoisotopic (exact) mass is 396 g/mol. The summed E-state index contributed by atoms with van der Waals surface area (Å²) in [5.41, 5.74) is 0.675. The molecule has 0 spiro atoms. The number of nitrogens with zero attached hydrogens (tertiary/aromatic N) is 3. The fraction of sp³-hybridized carbons (Fsp3) is 0.250. The van der Waals surface area contributed by atoms with E-state index >= 15 is 0 Å². The molecule has 0 aliphatic carbocycles. The minimum atomic E-state index is -3.73. The first-order valence-corrected chi connectivity index (χ1v) is 10.8. The predicted octanol–water partition coefficient (Wildman–Crippen LogP) is 3.16. The molecular formula is C16H17ClN4O2S2. The minimum absolute atomic E-state index is 0.128. The maximum Gasteiger partial charge on any atom is 0.241 e. The van der Waals surface area contributed by atoms with Crippen LogP contribution in [0.4, 0.5) is 0 Å². The van der Waals surface area contributed by atoms with Crippen LogP contribution in [-0.2, 0) is 10.0 Å². The number of sulfonamides is 1. The molecular weight excluding hydrogens is 380 g/mol. The van der Waals surface area contributed by atoms with Gasteiger partial charge in [-0.3, -0.25) is 4.40 Å². The first kappa shape index (κ1) is 18.2. The number of benzene rings is 1. The molecule has 0 aliphatic heterocycles. The van der Waals surface area contributed by atoms with E-state index in [1.165, 1.54) is 12.1 Å². The second-order valence-electron chi connectivity index (χ2n) is 5.40. The lowest BCUT2D eigenvalue weighted by atomic mass is 10.2. The molecule has 0 aliphatic rings. The lowest BCUT2D eigenvalue weighted by Gasteiger charge is -2.17. The molecule has 0 unspecified atom stereocenters. The largest absolute Gasteiger partial charge is 0.285 e. The number of rotatable bonds is 7. The van der Waals surface area contributed by atoms with Crippen molar-refractivity contribution < 1.29 is 8.42 Å². The lowest BCUT2D eigenvalue weighted by Crippen LogP contribution is -2.30. The summed E-state index contributed by atoms with van der Waals surface area (Å²) in [6, 6.07) is 11.2. The van der Waals surface area contributed by atoms with E-state index in [-0.39, 0.29) is 4.90 Å². The maximum atomic E-state index is 12.8. The third kappa shape index (κ3) is 4.14. The number of hydrogen-bond acceptors (Lipinski definition) is 5. The number of fused-ring (bicyclic) bond motifs is 1. The van der Waals surface area contributed by atoms with E-state index in [4.69, 9.17) is 11.6 Å². The van der Waals surface area contributed by atoms with Crippen LogP contribution in [0.3, 0.4) is 0 Å². The molecule has 25 heavy (non-hydrogen) atoms. The Labute approximate surface area is 155 Å². The number of aromatic nitrogens is 3. The highest BCUT2D eigenvalue weighted by Crippen LogP contribution is 2.22. The van der Waals surface area contributed by atoms with E-state index in [9.17, 15) is 8.42 Å². The zero-order chi connectivity index (χ0) is 17.9. The van der Waals surface area contributed by atoms with Gasteiger partial charge in [-0.1, -0.05) is 23.7 Å². The van der Waals surface area contributed by atoms with Crippen molar-refractivity contribution in [3.63, 3.8) is 0 Å². The summed E-state index contributed by atoms with van der Waals surface area (Å²) < 4.78 is 30.1. The summed E-state index contributed by atoms with van der Waals surface area (Å²) in [6.45, 7) is 0. The van der Waals surface area contributed by atoms with Crippen molar-refractivity contribution in [2.45, 2.75) is 17.4 Å². The third-order valence-corrected chi connectivity index (χ3v) is 6.01. The van der Waals surface area contributed by atoms with Crippen LogP contribution < -0.4 is 4.72 Å². The maximum absolute atomic E-state index is 12.8. The Morgan fingerprint density at radius 1 is 1.24 bits per heavy atom. The fourth-order valence-corrected chi connectivity index (χ4v) is 4.46. The van der Waals surface area contributed by atoms with Crippen LogP contribution >= 0.6 is 23.4 Å². The Bertz CT molecular complexity index is 975. The first-order valence-electron chi connectivity index (χ1n) is 7.58. The Morgan fingerprint density at radius 3 is 2.84 bits per heavy atom. The normalized spacial score (nSPS) is 13.2. The molecule has 9 heteroatoms. The molecule has 0 fully saturated rings. The van der Waals surface area contributed by atoms with Gasteiger partial charge >= 0.3 is 0 Å². The quantitative estimate of drug-likeness (QED) is 0.663. The molecule has 0 saturated heterocycles. The highest BCUT2D eigenvalue weighted by molar-refractivity contribution is 7.98. The average Bonchev–Trinajstić information content (AvgIpc) is 3.02. The van der Waals surface area contributed by atoms with Gasteiger partial charge in [-0.25, -0.2) is 13.1 Å². The van der Waals surface area contributed by atoms with Crippen LogP contribution in [0.15, 0.2) is 53.6 Å². The number of thioether (sulfide) groups is 1. The molecule has 1 N–H and O–H groups in total. The molecule has 3 aromatic rings. The number of pyridine rings is 1. The molecule has 0 amide bonds. The summed E-state index contributed by atoms with van der Waals surface area (Å²) in [6.07, 6.45) is 4.39. The van der Waals surface area contributed by atoms with Crippen molar-refractivity contribution in [1.29, 1.82) is 0 Å². The van der Waals surface area contributed by atoms with Crippen LogP contribution in [0.1, 0.15) is 18.3 Å². The Morgan fingerprint density at radius 2 is 2.08 bits per heavy atom. The number of halogens is 1. The number of nitrogens with one attached hydrogen (secondary N) is 1. The second kappa shape index (κ2) is 7.74. The van der Waals surface area contributed by atoms with Gasteiger partial charge in [0.15, 0.2) is 11.5 Å². The molecule has 1 aromatic carbocycles. The van der Waals surface area contributed by atoms with Crippen molar-refractivity contribution in [2.75, 3.05) is 12.0 Å². The van der Waals surface area contributed by atoms with E-state index in [0.717, 1.165) is 5.75 Å². The zero-order valence-corrected chi connectivity index (χ0v) is 15.9. The highest BCUT2D eigenvalue weighted by atomic mass is 35.5. The van der Waals surface area contributed by atoms with Crippen LogP contribution in [0, 0.1) is 0 Å². The Kier molecular flexibility index (Phi) is 5.63. The molecule has 2 heterocycles. The van der Waals surface area contributed by atoms with Crippen LogP contribution in [0.5, 0.6) is 0 Å². The predicted molar refractivity (Wildman–Crippen MR) is 101 cm³/mol. The van der Waals surface area contributed by atoms with Gasteiger partial charge in [0.05, 0.1) is 10.9 Å². The SMILES string of the molecule is CSCC[C@@H](NS(=O)(=O)c1cccc(Cl)c1)c1nnc2ccccn12. The molecule has 3 rings (SSSR count). The molecule has 1 atom stereocenters. The van der Waals surface area contributed by atoms with E-state index in [1.54, 1.807) is 28.3 Å². The third-order valence-electron chi connectivity index (χ3n) is 3.67. The van der Waals surface area contributed by atoms with Crippen molar-refractivity contribution in [3.8, 4) is 0 Å². The zero-order valence-electron chi connectivity index (χ0n) is 13.5. The summed E-state index contributed by atoms with van der Waals surface area (Å²) in [5.74, 6) is 1.35. The topological polar surface area (TPSA) is 76.4 Å². The summed E-state index contributed by atoms with van der Waals surface area (Å²) >= 11 is 7.57. The van der Waals surface area contributed by atoms with Crippen LogP contribution in [0.2, 0.25) is 5.02 Å². The van der Waals surface area contributed by atoms with Gasteiger partial charge in [-0.15, -0.1) is 10.2 Å².